The molecule has 218 valence electrons. The van der Waals surface area contributed by atoms with Crippen LogP contribution in [-0.2, 0) is 23.5 Å². The summed E-state index contributed by atoms with van der Waals surface area (Å²) in [6.07, 6.45) is 2.42. The molecule has 0 aliphatic carbocycles. The highest BCUT2D eigenvalue weighted by molar-refractivity contribution is 6.77. The number of rotatable bonds is 11. The van der Waals surface area contributed by atoms with E-state index in [4.69, 9.17) is 13.9 Å². The number of carbonyl (C=O) groups is 2. The predicted molar refractivity (Wildman–Crippen MR) is 158 cm³/mol. The Balaban J connectivity index is 2.28. The van der Waals surface area contributed by atoms with Gasteiger partial charge in [-0.05, 0) is 49.9 Å². The molecule has 6 atom stereocenters. The monoisotopic (exact) mass is 567 g/mol. The first kappa shape index (κ1) is 32.9. The first-order valence-corrected chi connectivity index (χ1v) is 20.5. The Morgan fingerprint density at radius 3 is 2.21 bits per heavy atom. The molecule has 7 nitrogen and oxygen atoms in total. The van der Waals surface area contributed by atoms with Gasteiger partial charge in [-0.1, -0.05) is 66.9 Å². The van der Waals surface area contributed by atoms with Crippen molar-refractivity contribution in [3.8, 4) is 0 Å². The van der Waals surface area contributed by atoms with Crippen LogP contribution in [0, 0.1) is 11.8 Å². The zero-order chi connectivity index (χ0) is 29.4. The average Bonchev–Trinajstić information content (AvgIpc) is 3.38. The lowest BCUT2D eigenvalue weighted by molar-refractivity contribution is -0.170. The van der Waals surface area contributed by atoms with Crippen LogP contribution in [0.15, 0.2) is 23.8 Å². The van der Waals surface area contributed by atoms with E-state index in [1.807, 2.05) is 33.8 Å². The van der Waals surface area contributed by atoms with Gasteiger partial charge in [0.1, 0.15) is 6.10 Å². The number of fused-ring (bicyclic) bond motifs is 1. The number of nitrogens with zero attached hydrogens (tertiary/aromatic N) is 1. The van der Waals surface area contributed by atoms with E-state index in [1.165, 1.54) is 0 Å². The summed E-state index contributed by atoms with van der Waals surface area (Å²) in [6, 6.07) is -0.0744. The van der Waals surface area contributed by atoms with E-state index in [1.54, 1.807) is 0 Å². The fourth-order valence-corrected chi connectivity index (χ4v) is 6.87. The van der Waals surface area contributed by atoms with Crippen molar-refractivity contribution >= 4 is 28.3 Å². The SMILES string of the molecule is C=C(C(=O)O[C@@H]1CCN2CC=C(CO)[C@H]12)C(C)[C@@H](C)[C@@](C)(O[Si](C)(C)C(C)(C)C)C(=O)OC(C)[Si](C)(C)C. The van der Waals surface area contributed by atoms with Gasteiger partial charge >= 0.3 is 11.9 Å². The topological polar surface area (TPSA) is 85.3 Å². The van der Waals surface area contributed by atoms with Crippen LogP contribution >= 0.6 is 0 Å². The van der Waals surface area contributed by atoms with Gasteiger partial charge in [0.2, 0.25) is 0 Å². The van der Waals surface area contributed by atoms with Gasteiger partial charge in [-0.2, -0.15) is 0 Å². The molecule has 0 spiro atoms. The van der Waals surface area contributed by atoms with E-state index in [2.05, 4.69) is 65.0 Å². The third kappa shape index (κ3) is 6.89. The molecule has 2 aliphatic heterocycles. The Kier molecular flexibility index (Phi) is 10.1. The third-order valence-electron chi connectivity index (χ3n) is 9.47. The lowest BCUT2D eigenvalue weighted by atomic mass is 9.78. The quantitative estimate of drug-likeness (QED) is 0.156. The molecule has 0 amide bonds. The van der Waals surface area contributed by atoms with Crippen LogP contribution in [0.4, 0.5) is 0 Å². The summed E-state index contributed by atoms with van der Waals surface area (Å²) in [5, 5.41) is 9.61. The van der Waals surface area contributed by atoms with Crippen molar-refractivity contribution in [1.29, 1.82) is 0 Å². The van der Waals surface area contributed by atoms with Crippen LogP contribution in [-0.4, -0.2) is 81.5 Å². The molecule has 0 bridgehead atoms. The second-order valence-corrected chi connectivity index (χ2v) is 24.4. The molecule has 2 unspecified atom stereocenters. The van der Waals surface area contributed by atoms with E-state index in [0.29, 0.717) is 5.57 Å². The average molecular weight is 568 g/mol. The molecule has 9 heteroatoms. The second kappa shape index (κ2) is 11.7. The number of hydrogen-bond donors (Lipinski definition) is 1. The molecule has 38 heavy (non-hydrogen) atoms. The summed E-state index contributed by atoms with van der Waals surface area (Å²) < 4.78 is 18.9. The summed E-state index contributed by atoms with van der Waals surface area (Å²) in [5.41, 5.74) is -0.220. The molecule has 1 fully saturated rings. The van der Waals surface area contributed by atoms with Crippen molar-refractivity contribution in [1.82, 2.24) is 4.90 Å². The summed E-state index contributed by atoms with van der Waals surface area (Å²) in [5.74, 6) is -1.62. The summed E-state index contributed by atoms with van der Waals surface area (Å²) in [4.78, 5) is 29.4. The van der Waals surface area contributed by atoms with Crippen molar-refractivity contribution < 1.29 is 28.6 Å². The highest BCUT2D eigenvalue weighted by atomic mass is 28.4. The van der Waals surface area contributed by atoms with Crippen molar-refractivity contribution in [2.75, 3.05) is 19.7 Å². The molecule has 0 saturated carbocycles. The number of hydrogen-bond acceptors (Lipinski definition) is 7. The molecule has 0 aromatic carbocycles. The lowest BCUT2D eigenvalue weighted by Crippen LogP contribution is -2.58. The minimum absolute atomic E-state index is 0.0370. The van der Waals surface area contributed by atoms with Gasteiger partial charge in [0.05, 0.1) is 26.4 Å². The summed E-state index contributed by atoms with van der Waals surface area (Å²) >= 11 is 0. The Hall–Kier alpha value is -1.27. The zero-order valence-electron chi connectivity index (χ0n) is 25.9. The lowest BCUT2D eigenvalue weighted by Gasteiger charge is -2.47. The molecule has 0 radical (unpaired) electrons. The maximum absolute atomic E-state index is 13.9. The van der Waals surface area contributed by atoms with Crippen LogP contribution < -0.4 is 0 Å². The van der Waals surface area contributed by atoms with Crippen molar-refractivity contribution in [2.45, 2.75) is 116 Å². The number of esters is 2. The largest absolute Gasteiger partial charge is 0.464 e. The van der Waals surface area contributed by atoms with Crippen LogP contribution in [0.3, 0.4) is 0 Å². The Morgan fingerprint density at radius 2 is 1.71 bits per heavy atom. The second-order valence-electron chi connectivity index (χ2n) is 14.1. The fourth-order valence-electron chi connectivity index (χ4n) is 4.78. The fraction of sp³-hybridized carbons (Fsp3) is 0.793. The van der Waals surface area contributed by atoms with Crippen LogP contribution in [0.1, 0.15) is 54.9 Å². The van der Waals surface area contributed by atoms with Gasteiger partial charge in [0.25, 0.3) is 0 Å². The smallest absolute Gasteiger partial charge is 0.337 e. The van der Waals surface area contributed by atoms with E-state index in [0.717, 1.165) is 25.1 Å². The molecule has 0 aromatic heterocycles. The first-order valence-electron chi connectivity index (χ1n) is 14.0. The molecular weight excluding hydrogens is 514 g/mol. The maximum Gasteiger partial charge on any atom is 0.337 e. The minimum atomic E-state index is -2.40. The van der Waals surface area contributed by atoms with Gasteiger partial charge < -0.3 is 19.0 Å². The number of aliphatic hydroxyl groups excluding tert-OH is 1. The van der Waals surface area contributed by atoms with Gasteiger partial charge in [-0.15, -0.1) is 0 Å². The Bertz CT molecular complexity index is 934. The van der Waals surface area contributed by atoms with Crippen LogP contribution in [0.2, 0.25) is 37.8 Å². The number of ether oxygens (including phenoxy) is 2. The highest BCUT2D eigenvalue weighted by Crippen LogP contribution is 2.44. The Morgan fingerprint density at radius 1 is 1.13 bits per heavy atom. The van der Waals surface area contributed by atoms with Gasteiger partial charge in [-0.25, -0.2) is 9.59 Å². The van der Waals surface area contributed by atoms with Crippen molar-refractivity contribution in [3.63, 3.8) is 0 Å². The van der Waals surface area contributed by atoms with Crippen molar-refractivity contribution in [2.24, 2.45) is 11.8 Å². The summed E-state index contributed by atoms with van der Waals surface area (Å²) in [6.45, 7) is 30.5. The molecule has 1 N–H and O–H groups in total. The summed E-state index contributed by atoms with van der Waals surface area (Å²) in [7, 11) is -4.14. The van der Waals surface area contributed by atoms with E-state index >= 15 is 0 Å². The third-order valence-corrected chi connectivity index (χ3v) is 16.6. The standard InChI is InChI=1S/C29H53NO6Si2/c1-19(20(2)26(32)35-24-15-17-30-16-14-23(18-31)25(24)30)21(3)29(8,36-38(12,13)28(5,6)7)27(33)34-22(4)37(9,10)11/h14,19,21-22,24-25,31H,2,15-18H2,1,3-13H3/t19?,21-,22?,24-,25-,29-/m1/s1. The molecular formula is C29H53NO6Si2. The predicted octanol–water partition coefficient (Wildman–Crippen LogP) is 5.32. The highest BCUT2D eigenvalue weighted by Gasteiger charge is 2.52. The molecule has 1 saturated heterocycles. The molecule has 2 aliphatic rings. The normalized spacial score (nSPS) is 24.6. The number of aliphatic hydroxyl groups is 1. The zero-order valence-corrected chi connectivity index (χ0v) is 27.9. The molecule has 2 rings (SSSR count). The van der Waals surface area contributed by atoms with E-state index in [9.17, 15) is 14.7 Å². The molecule has 0 aromatic rings. The van der Waals surface area contributed by atoms with Crippen LogP contribution in [0.5, 0.6) is 0 Å². The van der Waals surface area contributed by atoms with Crippen molar-refractivity contribution in [3.05, 3.63) is 23.8 Å². The van der Waals surface area contributed by atoms with Crippen LogP contribution in [0.25, 0.3) is 0 Å². The van der Waals surface area contributed by atoms with E-state index < -0.39 is 33.9 Å². The minimum Gasteiger partial charge on any atom is -0.464 e. The maximum atomic E-state index is 13.9. The molecule has 2 heterocycles. The first-order chi connectivity index (χ1) is 17.2. The Labute approximate surface area is 233 Å². The van der Waals surface area contributed by atoms with Gasteiger partial charge in [0.15, 0.2) is 13.9 Å². The van der Waals surface area contributed by atoms with E-state index in [-0.39, 0.29) is 41.4 Å². The number of carbonyl (C=O) groups excluding carboxylic acids is 2. The van der Waals surface area contributed by atoms with Gasteiger partial charge in [-0.3, -0.25) is 4.90 Å². The van der Waals surface area contributed by atoms with Gasteiger partial charge in [0, 0.05) is 24.6 Å².